The van der Waals surface area contributed by atoms with E-state index in [1.54, 1.807) is 6.92 Å². The first-order chi connectivity index (χ1) is 11.8. The first-order valence-corrected chi connectivity index (χ1v) is 9.83. The molecule has 10 heteroatoms. The Hall–Kier alpha value is -0.900. The molecule has 1 fully saturated rings. The summed E-state index contributed by atoms with van der Waals surface area (Å²) in [6, 6.07) is 2.22. The van der Waals surface area contributed by atoms with Gasteiger partial charge < -0.3 is 14.8 Å². The van der Waals surface area contributed by atoms with E-state index in [0.29, 0.717) is 19.8 Å². The molecule has 0 saturated carbocycles. The second-order valence-electron chi connectivity index (χ2n) is 5.61. The van der Waals surface area contributed by atoms with Crippen molar-refractivity contribution < 1.29 is 22.7 Å². The molecule has 1 N–H and O–H groups in total. The molecule has 1 aromatic rings. The minimum absolute atomic E-state index is 0.0296. The van der Waals surface area contributed by atoms with Crippen molar-refractivity contribution in [3.05, 3.63) is 27.7 Å². The highest BCUT2D eigenvalue weighted by Crippen LogP contribution is 2.31. The number of methoxy groups -OCH3 is 1. The minimum atomic E-state index is -3.85. The number of hydrogen-bond acceptors (Lipinski definition) is 5. The summed E-state index contributed by atoms with van der Waals surface area (Å²) in [4.78, 5) is 12.2. The molecule has 0 aliphatic carbocycles. The fourth-order valence-electron chi connectivity index (χ4n) is 2.42. The third kappa shape index (κ3) is 4.84. The maximum atomic E-state index is 12.8. The van der Waals surface area contributed by atoms with Crippen molar-refractivity contribution in [3.8, 4) is 0 Å². The monoisotopic (exact) mass is 410 g/mol. The SMILES string of the molecule is COCC(C)NC(=O)c1cc(S(=O)(=O)N2CCOCC2)c(Cl)cc1Cl. The minimum Gasteiger partial charge on any atom is -0.383 e. The van der Waals surface area contributed by atoms with Crippen molar-refractivity contribution in [1.29, 1.82) is 0 Å². The molecular weight excluding hydrogens is 391 g/mol. The topological polar surface area (TPSA) is 84.9 Å². The second-order valence-corrected chi connectivity index (χ2v) is 8.33. The van der Waals surface area contributed by atoms with Crippen LogP contribution in [0.2, 0.25) is 10.0 Å². The Kier molecular flexibility index (Phi) is 7.07. The average Bonchev–Trinajstić information content (AvgIpc) is 2.55. The van der Waals surface area contributed by atoms with E-state index in [9.17, 15) is 13.2 Å². The number of ether oxygens (including phenoxy) is 2. The highest BCUT2D eigenvalue weighted by atomic mass is 35.5. The Balaban J connectivity index is 2.35. The van der Waals surface area contributed by atoms with Gasteiger partial charge in [-0.2, -0.15) is 4.31 Å². The van der Waals surface area contributed by atoms with Crippen LogP contribution in [0.4, 0.5) is 0 Å². The number of nitrogens with zero attached hydrogens (tertiary/aromatic N) is 1. The third-order valence-corrected chi connectivity index (χ3v) is 6.32. The lowest BCUT2D eigenvalue weighted by molar-refractivity contribution is 0.0730. The van der Waals surface area contributed by atoms with Crippen LogP contribution in [0.15, 0.2) is 17.0 Å². The van der Waals surface area contributed by atoms with E-state index in [1.807, 2.05) is 0 Å². The van der Waals surface area contributed by atoms with Gasteiger partial charge in [-0.25, -0.2) is 8.42 Å². The van der Waals surface area contributed by atoms with Gasteiger partial charge in [0.2, 0.25) is 10.0 Å². The van der Waals surface area contributed by atoms with E-state index in [0.717, 1.165) is 0 Å². The molecule has 0 radical (unpaired) electrons. The zero-order valence-electron chi connectivity index (χ0n) is 13.9. The van der Waals surface area contributed by atoms with Crippen LogP contribution in [-0.2, 0) is 19.5 Å². The van der Waals surface area contributed by atoms with Crippen molar-refractivity contribution in [3.63, 3.8) is 0 Å². The van der Waals surface area contributed by atoms with Gasteiger partial charge in [-0.3, -0.25) is 4.79 Å². The summed E-state index contributed by atoms with van der Waals surface area (Å²) in [5, 5.41) is 2.74. The lowest BCUT2D eigenvalue weighted by Gasteiger charge is -2.26. The molecule has 1 saturated heterocycles. The number of carbonyl (C=O) groups is 1. The zero-order chi connectivity index (χ0) is 18.6. The van der Waals surface area contributed by atoms with Crippen molar-refractivity contribution >= 4 is 39.1 Å². The fourth-order valence-corrected chi connectivity index (χ4v) is 4.66. The van der Waals surface area contributed by atoms with Gasteiger partial charge in [0.05, 0.1) is 35.4 Å². The zero-order valence-corrected chi connectivity index (χ0v) is 16.2. The molecule has 1 aliphatic heterocycles. The summed E-state index contributed by atoms with van der Waals surface area (Å²) in [5.41, 5.74) is 0.0425. The number of amides is 1. The summed E-state index contributed by atoms with van der Waals surface area (Å²) < 4.78 is 37.0. The lowest BCUT2D eigenvalue weighted by Crippen LogP contribution is -2.41. The molecule has 1 aliphatic rings. The fraction of sp³-hybridized carbons (Fsp3) is 0.533. The van der Waals surface area contributed by atoms with Crippen LogP contribution in [0.3, 0.4) is 0 Å². The lowest BCUT2D eigenvalue weighted by atomic mass is 10.2. The number of benzene rings is 1. The van der Waals surface area contributed by atoms with Crippen molar-refractivity contribution in [2.24, 2.45) is 0 Å². The molecule has 0 spiro atoms. The first kappa shape index (κ1) is 20.4. The molecule has 1 atom stereocenters. The van der Waals surface area contributed by atoms with E-state index >= 15 is 0 Å². The van der Waals surface area contributed by atoms with Crippen molar-refractivity contribution in [1.82, 2.24) is 9.62 Å². The summed E-state index contributed by atoms with van der Waals surface area (Å²) in [6.45, 7) is 3.16. The van der Waals surface area contributed by atoms with Gasteiger partial charge in [-0.1, -0.05) is 23.2 Å². The van der Waals surface area contributed by atoms with Crippen LogP contribution in [0.5, 0.6) is 0 Å². The number of hydrogen-bond donors (Lipinski definition) is 1. The van der Waals surface area contributed by atoms with E-state index < -0.39 is 15.9 Å². The van der Waals surface area contributed by atoms with Gasteiger partial charge in [0, 0.05) is 26.2 Å². The molecule has 1 aromatic carbocycles. The summed E-state index contributed by atoms with van der Waals surface area (Å²) in [7, 11) is -2.33. The molecule has 7 nitrogen and oxygen atoms in total. The molecule has 1 heterocycles. The summed E-state index contributed by atoms with van der Waals surface area (Å²) in [5.74, 6) is -0.496. The number of morpholine rings is 1. The van der Waals surface area contributed by atoms with Gasteiger partial charge in [0.25, 0.3) is 5.91 Å². The second kappa shape index (κ2) is 8.66. The maximum absolute atomic E-state index is 12.8. The van der Waals surface area contributed by atoms with E-state index in [1.165, 1.54) is 23.5 Å². The largest absolute Gasteiger partial charge is 0.383 e. The van der Waals surface area contributed by atoms with E-state index in [2.05, 4.69) is 5.32 Å². The van der Waals surface area contributed by atoms with Gasteiger partial charge in [-0.05, 0) is 19.1 Å². The molecule has 0 bridgehead atoms. The standard InChI is InChI=1S/C15H20Cl2N2O5S/c1-10(9-23-2)18-15(20)11-7-14(13(17)8-12(11)16)25(21,22)19-3-5-24-6-4-19/h7-8,10H,3-6,9H2,1-2H3,(H,18,20). The molecule has 1 amide bonds. The van der Waals surface area contributed by atoms with Crippen molar-refractivity contribution in [2.75, 3.05) is 40.0 Å². The first-order valence-electron chi connectivity index (χ1n) is 7.64. The van der Waals surface area contributed by atoms with Crippen LogP contribution in [0.25, 0.3) is 0 Å². The smallest absolute Gasteiger partial charge is 0.253 e. The molecule has 1 unspecified atom stereocenters. The number of sulfonamides is 1. The van der Waals surface area contributed by atoms with Crippen LogP contribution < -0.4 is 5.32 Å². The quantitative estimate of drug-likeness (QED) is 0.772. The van der Waals surface area contributed by atoms with E-state index in [-0.39, 0.29) is 39.6 Å². The average molecular weight is 411 g/mol. The van der Waals surface area contributed by atoms with E-state index in [4.69, 9.17) is 32.7 Å². The highest BCUT2D eigenvalue weighted by molar-refractivity contribution is 7.89. The van der Waals surface area contributed by atoms with Gasteiger partial charge in [-0.15, -0.1) is 0 Å². The van der Waals surface area contributed by atoms with Crippen molar-refractivity contribution in [2.45, 2.75) is 17.9 Å². The molecule has 2 rings (SSSR count). The number of carbonyl (C=O) groups excluding carboxylic acids is 1. The molecular formula is C15H20Cl2N2O5S. The normalized spacial score (nSPS) is 17.3. The van der Waals surface area contributed by atoms with Crippen LogP contribution in [0, 0.1) is 0 Å². The van der Waals surface area contributed by atoms with Gasteiger partial charge >= 0.3 is 0 Å². The Labute approximate surface area is 157 Å². The maximum Gasteiger partial charge on any atom is 0.253 e. The number of rotatable bonds is 6. The van der Waals surface area contributed by atoms with Gasteiger partial charge in [0.1, 0.15) is 4.90 Å². The number of nitrogens with one attached hydrogen (secondary N) is 1. The highest BCUT2D eigenvalue weighted by Gasteiger charge is 2.30. The molecule has 0 aromatic heterocycles. The Morgan fingerprint density at radius 1 is 1.32 bits per heavy atom. The van der Waals surface area contributed by atoms with Crippen LogP contribution >= 0.6 is 23.2 Å². The molecule has 140 valence electrons. The number of halogens is 2. The Morgan fingerprint density at radius 3 is 2.56 bits per heavy atom. The van der Waals surface area contributed by atoms with Gasteiger partial charge in [0.15, 0.2) is 0 Å². The Bertz CT molecular complexity index is 736. The predicted octanol–water partition coefficient (Wildman–Crippen LogP) is 1.78. The summed E-state index contributed by atoms with van der Waals surface area (Å²) in [6.07, 6.45) is 0. The van der Waals surface area contributed by atoms with Crippen LogP contribution in [0.1, 0.15) is 17.3 Å². The Morgan fingerprint density at radius 2 is 1.96 bits per heavy atom. The predicted molar refractivity (Wildman–Crippen MR) is 94.8 cm³/mol. The molecule has 25 heavy (non-hydrogen) atoms. The summed E-state index contributed by atoms with van der Waals surface area (Å²) >= 11 is 12.2. The van der Waals surface area contributed by atoms with Crippen LogP contribution in [-0.4, -0.2) is 64.7 Å². The third-order valence-electron chi connectivity index (χ3n) is 3.65.